The fourth-order valence-electron chi connectivity index (χ4n) is 1.72. The van der Waals surface area contributed by atoms with E-state index in [9.17, 15) is 14.9 Å². The zero-order chi connectivity index (χ0) is 17.1. The van der Waals surface area contributed by atoms with Crippen LogP contribution in [0.3, 0.4) is 0 Å². The Bertz CT molecular complexity index is 786. The molecule has 0 fully saturated rings. The van der Waals surface area contributed by atoms with E-state index in [1.165, 1.54) is 19.2 Å². The highest BCUT2D eigenvalue weighted by molar-refractivity contribution is 6.34. The first-order valence-corrected chi connectivity index (χ1v) is 6.71. The number of aromatic nitrogens is 2. The van der Waals surface area contributed by atoms with Crippen molar-refractivity contribution < 1.29 is 14.5 Å². The first-order valence-electron chi connectivity index (χ1n) is 5.95. The molecule has 1 amide bonds. The second-order valence-electron chi connectivity index (χ2n) is 4.16. The van der Waals surface area contributed by atoms with Crippen LogP contribution in [-0.2, 0) is 0 Å². The lowest BCUT2D eigenvalue weighted by atomic mass is 10.2. The van der Waals surface area contributed by atoms with Gasteiger partial charge in [-0.25, -0.2) is 10.9 Å². The van der Waals surface area contributed by atoms with Crippen molar-refractivity contribution in [1.82, 2.24) is 10.2 Å². The molecule has 1 aromatic heterocycles. The normalized spacial score (nSPS) is 10.3. The maximum atomic E-state index is 12.4. The lowest BCUT2D eigenvalue weighted by Gasteiger charge is -2.17. The minimum absolute atomic E-state index is 0.0737. The predicted octanol–water partition coefficient (Wildman–Crippen LogP) is 2.22. The van der Waals surface area contributed by atoms with Gasteiger partial charge in [-0.15, -0.1) is 10.2 Å². The van der Waals surface area contributed by atoms with Gasteiger partial charge in [0.2, 0.25) is 0 Å². The molecule has 2 aromatic rings. The van der Waals surface area contributed by atoms with Crippen molar-refractivity contribution in [2.45, 2.75) is 0 Å². The molecule has 2 rings (SSSR count). The first kappa shape index (κ1) is 16.9. The summed E-state index contributed by atoms with van der Waals surface area (Å²) >= 11 is 11.4. The van der Waals surface area contributed by atoms with E-state index < -0.39 is 16.5 Å². The number of ether oxygens (including phenoxy) is 1. The van der Waals surface area contributed by atoms with Crippen molar-refractivity contribution in [2.75, 3.05) is 12.1 Å². The highest BCUT2D eigenvalue weighted by atomic mass is 35.5. The molecular formula is C12H9Cl2N5O4. The predicted molar refractivity (Wildman–Crippen MR) is 82.7 cm³/mol. The molecule has 0 aliphatic heterocycles. The molecule has 23 heavy (non-hydrogen) atoms. The highest BCUT2D eigenvalue weighted by Crippen LogP contribution is 2.32. The maximum absolute atomic E-state index is 12.4. The summed E-state index contributed by atoms with van der Waals surface area (Å²) < 4.78 is 4.91. The van der Waals surface area contributed by atoms with Gasteiger partial charge < -0.3 is 4.74 Å². The van der Waals surface area contributed by atoms with Crippen molar-refractivity contribution >= 4 is 40.5 Å². The van der Waals surface area contributed by atoms with E-state index in [0.29, 0.717) is 5.01 Å². The van der Waals surface area contributed by atoms with Gasteiger partial charge in [0.05, 0.1) is 23.7 Å². The summed E-state index contributed by atoms with van der Waals surface area (Å²) in [4.78, 5) is 22.9. The maximum Gasteiger partial charge on any atom is 0.298 e. The number of hydrazine groups is 1. The van der Waals surface area contributed by atoms with Gasteiger partial charge in [0, 0.05) is 0 Å². The van der Waals surface area contributed by atoms with Crippen LogP contribution in [-0.4, -0.2) is 28.1 Å². The second kappa shape index (κ2) is 6.73. The number of nitro benzene ring substituents is 1. The lowest BCUT2D eigenvalue weighted by molar-refractivity contribution is -0.384. The van der Waals surface area contributed by atoms with Gasteiger partial charge in [-0.1, -0.05) is 23.2 Å². The van der Waals surface area contributed by atoms with E-state index >= 15 is 0 Å². The van der Waals surface area contributed by atoms with Crippen LogP contribution in [0.2, 0.25) is 10.3 Å². The Morgan fingerprint density at radius 3 is 2.65 bits per heavy atom. The number of anilines is 1. The molecule has 0 saturated carbocycles. The van der Waals surface area contributed by atoms with Gasteiger partial charge in [0.1, 0.15) is 11.4 Å². The van der Waals surface area contributed by atoms with Crippen molar-refractivity contribution in [3.8, 4) is 5.75 Å². The van der Waals surface area contributed by atoms with Crippen molar-refractivity contribution in [3.63, 3.8) is 0 Å². The molecular weight excluding hydrogens is 349 g/mol. The number of nitrogens with zero attached hydrogens (tertiary/aromatic N) is 4. The Morgan fingerprint density at radius 2 is 2.04 bits per heavy atom. The van der Waals surface area contributed by atoms with E-state index in [2.05, 4.69) is 10.2 Å². The van der Waals surface area contributed by atoms with E-state index in [4.69, 9.17) is 33.8 Å². The van der Waals surface area contributed by atoms with Gasteiger partial charge in [-0.3, -0.25) is 14.9 Å². The van der Waals surface area contributed by atoms with Crippen LogP contribution in [0.5, 0.6) is 5.75 Å². The molecule has 1 heterocycles. The summed E-state index contributed by atoms with van der Waals surface area (Å²) in [6.45, 7) is 0. The SMILES string of the molecule is COc1ccc(N(N)C(=O)c2cc(Cl)nnc2Cl)c([N+](=O)[O-])c1. The summed E-state index contributed by atoms with van der Waals surface area (Å²) in [6.07, 6.45) is 0. The molecule has 0 unspecified atom stereocenters. The molecule has 0 atom stereocenters. The standard InChI is InChI=1S/C12H9Cl2N5O4/c1-23-6-2-3-8(9(4-6)19(21)22)18(15)12(20)7-5-10(13)16-17-11(7)14/h2-5H,15H2,1H3. The topological polar surface area (TPSA) is 124 Å². The number of amides is 1. The third kappa shape index (κ3) is 3.47. The molecule has 0 radical (unpaired) electrons. The van der Waals surface area contributed by atoms with Crippen molar-refractivity contribution in [3.05, 3.63) is 50.2 Å². The van der Waals surface area contributed by atoms with Gasteiger partial charge in [0.25, 0.3) is 11.6 Å². The Morgan fingerprint density at radius 1 is 1.35 bits per heavy atom. The fraction of sp³-hybridized carbons (Fsp3) is 0.0833. The largest absolute Gasteiger partial charge is 0.496 e. The van der Waals surface area contributed by atoms with Gasteiger partial charge in [0.15, 0.2) is 10.3 Å². The quantitative estimate of drug-likeness (QED) is 0.384. The molecule has 2 N–H and O–H groups in total. The molecule has 120 valence electrons. The summed E-state index contributed by atoms with van der Waals surface area (Å²) in [6, 6.07) is 5.00. The van der Waals surface area contributed by atoms with Gasteiger partial charge in [-0.05, 0) is 18.2 Å². The molecule has 1 aromatic carbocycles. The molecule has 0 bridgehead atoms. The fourth-order valence-corrected chi connectivity index (χ4v) is 2.04. The van der Waals surface area contributed by atoms with Crippen molar-refractivity contribution in [1.29, 1.82) is 0 Å². The zero-order valence-electron chi connectivity index (χ0n) is 11.6. The Kier molecular flexibility index (Phi) is 4.94. The molecule has 0 aliphatic rings. The summed E-state index contributed by atoms with van der Waals surface area (Å²) in [7, 11) is 1.36. The number of hydrogen-bond acceptors (Lipinski definition) is 7. The Labute approximate surface area is 139 Å². The molecule has 11 heteroatoms. The molecule has 0 spiro atoms. The minimum Gasteiger partial charge on any atom is -0.496 e. The Balaban J connectivity index is 2.47. The monoisotopic (exact) mass is 357 g/mol. The Hall–Kier alpha value is -2.49. The lowest BCUT2D eigenvalue weighted by Crippen LogP contribution is -2.38. The third-order valence-corrected chi connectivity index (χ3v) is 3.27. The smallest absolute Gasteiger partial charge is 0.298 e. The van der Waals surface area contributed by atoms with Crippen LogP contribution < -0.4 is 15.6 Å². The van der Waals surface area contributed by atoms with Gasteiger partial charge >= 0.3 is 0 Å². The average Bonchev–Trinajstić information content (AvgIpc) is 2.55. The number of rotatable bonds is 4. The van der Waals surface area contributed by atoms with Gasteiger partial charge in [-0.2, -0.15) is 0 Å². The summed E-state index contributed by atoms with van der Waals surface area (Å²) in [5, 5.41) is 18.4. The number of hydrogen-bond donors (Lipinski definition) is 1. The third-order valence-electron chi connectivity index (χ3n) is 2.81. The van der Waals surface area contributed by atoms with Crippen molar-refractivity contribution in [2.24, 2.45) is 5.84 Å². The number of halogens is 2. The van der Waals surface area contributed by atoms with Crippen LogP contribution in [0.1, 0.15) is 10.4 Å². The number of nitrogens with two attached hydrogens (primary N) is 1. The first-order chi connectivity index (χ1) is 10.8. The number of methoxy groups -OCH3 is 1. The second-order valence-corrected chi connectivity index (χ2v) is 4.90. The average molecular weight is 358 g/mol. The number of carbonyl (C=O) groups excluding carboxylic acids is 1. The van der Waals surface area contributed by atoms with Crippen LogP contribution in [0.4, 0.5) is 11.4 Å². The van der Waals surface area contributed by atoms with Crippen LogP contribution in [0.15, 0.2) is 24.3 Å². The summed E-state index contributed by atoms with van der Waals surface area (Å²) in [5.74, 6) is 5.12. The molecule has 9 nitrogen and oxygen atoms in total. The van der Waals surface area contributed by atoms with E-state index in [1.54, 1.807) is 0 Å². The number of carbonyl (C=O) groups is 1. The van der Waals surface area contributed by atoms with E-state index in [1.807, 2.05) is 0 Å². The van der Waals surface area contributed by atoms with Crippen LogP contribution in [0, 0.1) is 10.1 Å². The molecule has 0 aliphatic carbocycles. The van der Waals surface area contributed by atoms with E-state index in [0.717, 1.165) is 12.1 Å². The number of benzene rings is 1. The zero-order valence-corrected chi connectivity index (χ0v) is 13.1. The number of nitro groups is 1. The van der Waals surface area contributed by atoms with Crippen LogP contribution in [0.25, 0.3) is 0 Å². The highest BCUT2D eigenvalue weighted by Gasteiger charge is 2.26. The van der Waals surface area contributed by atoms with Crippen LogP contribution >= 0.6 is 23.2 Å². The summed E-state index contributed by atoms with van der Waals surface area (Å²) in [5.41, 5.74) is -0.700. The molecule has 0 saturated heterocycles. The minimum atomic E-state index is -0.833. The van der Waals surface area contributed by atoms with E-state index in [-0.39, 0.29) is 27.3 Å².